The molecular formula is C15H19F3O. The first-order valence-corrected chi connectivity index (χ1v) is 6.65. The fourth-order valence-corrected chi connectivity index (χ4v) is 1.92. The van der Waals surface area contributed by atoms with Gasteiger partial charge in [-0.3, -0.25) is 4.79 Å². The molecule has 4 heteroatoms. The fourth-order valence-electron chi connectivity index (χ4n) is 1.92. The van der Waals surface area contributed by atoms with Crippen molar-refractivity contribution in [2.45, 2.75) is 51.6 Å². The Morgan fingerprint density at radius 2 is 1.58 bits per heavy atom. The summed E-state index contributed by atoms with van der Waals surface area (Å²) in [6.45, 7) is 2.15. The molecule has 1 rings (SSSR count). The first-order valence-electron chi connectivity index (χ1n) is 6.65. The highest BCUT2D eigenvalue weighted by Crippen LogP contribution is 2.21. The molecule has 0 spiro atoms. The van der Waals surface area contributed by atoms with Crippen molar-refractivity contribution in [3.8, 4) is 0 Å². The Balaban J connectivity index is 2.46. The highest BCUT2D eigenvalue weighted by Gasteiger charge is 2.39. The Morgan fingerprint density at radius 1 is 1.00 bits per heavy atom. The van der Waals surface area contributed by atoms with Crippen LogP contribution in [0, 0.1) is 0 Å². The predicted octanol–water partition coefficient (Wildman–Crippen LogP) is 4.94. The number of rotatable bonds is 7. The topological polar surface area (TPSA) is 17.1 Å². The van der Waals surface area contributed by atoms with Gasteiger partial charge < -0.3 is 0 Å². The monoisotopic (exact) mass is 272 g/mol. The van der Waals surface area contributed by atoms with E-state index in [9.17, 15) is 18.0 Å². The van der Waals surface area contributed by atoms with E-state index in [2.05, 4.69) is 6.92 Å². The molecule has 0 saturated carbocycles. The van der Waals surface area contributed by atoms with E-state index < -0.39 is 12.0 Å². The van der Waals surface area contributed by atoms with Crippen molar-refractivity contribution in [2.75, 3.05) is 0 Å². The number of carbonyl (C=O) groups excluding carboxylic acids is 1. The maximum Gasteiger partial charge on any atom is 0.454 e. The van der Waals surface area contributed by atoms with E-state index in [0.717, 1.165) is 24.8 Å². The molecule has 0 heterocycles. The van der Waals surface area contributed by atoms with Crippen molar-refractivity contribution in [1.82, 2.24) is 0 Å². The molecule has 0 saturated heterocycles. The number of hydrogen-bond donors (Lipinski definition) is 0. The number of carbonyl (C=O) groups is 1. The highest BCUT2D eigenvalue weighted by atomic mass is 19.4. The Labute approximate surface area is 111 Å². The molecule has 0 aromatic heterocycles. The van der Waals surface area contributed by atoms with Crippen LogP contribution < -0.4 is 0 Å². The zero-order valence-corrected chi connectivity index (χ0v) is 11.1. The molecule has 0 N–H and O–H groups in total. The van der Waals surface area contributed by atoms with Crippen LogP contribution in [0.3, 0.4) is 0 Å². The molecule has 1 aromatic rings. The third-order valence-corrected chi connectivity index (χ3v) is 3.04. The minimum atomic E-state index is -4.79. The summed E-state index contributed by atoms with van der Waals surface area (Å²) in [4.78, 5) is 11.0. The van der Waals surface area contributed by atoms with E-state index in [1.54, 1.807) is 12.1 Å². The van der Waals surface area contributed by atoms with Crippen LogP contribution >= 0.6 is 0 Å². The van der Waals surface area contributed by atoms with Crippen LogP contribution in [-0.4, -0.2) is 12.0 Å². The summed E-state index contributed by atoms with van der Waals surface area (Å²) >= 11 is 0. The lowest BCUT2D eigenvalue weighted by Gasteiger charge is -2.06. The normalized spacial score (nSPS) is 11.6. The van der Waals surface area contributed by atoms with Crippen LogP contribution in [-0.2, 0) is 6.42 Å². The van der Waals surface area contributed by atoms with Gasteiger partial charge in [0.2, 0.25) is 0 Å². The number of benzene rings is 1. The molecule has 0 unspecified atom stereocenters. The minimum absolute atomic E-state index is 0.290. The Hall–Kier alpha value is -1.32. The van der Waals surface area contributed by atoms with Gasteiger partial charge >= 0.3 is 6.18 Å². The van der Waals surface area contributed by atoms with E-state index in [1.165, 1.54) is 31.4 Å². The summed E-state index contributed by atoms with van der Waals surface area (Å²) in [5, 5.41) is 0. The lowest BCUT2D eigenvalue weighted by atomic mass is 10.0. The third-order valence-electron chi connectivity index (χ3n) is 3.04. The Bertz CT molecular complexity index is 393. The lowest BCUT2D eigenvalue weighted by molar-refractivity contribution is -0.0885. The van der Waals surface area contributed by atoms with Crippen LogP contribution in [0.4, 0.5) is 13.2 Å². The quantitative estimate of drug-likeness (QED) is 0.507. The molecule has 0 atom stereocenters. The summed E-state index contributed by atoms with van der Waals surface area (Å²) in [5.41, 5.74) is 0.692. The van der Waals surface area contributed by atoms with Crippen LogP contribution in [0.1, 0.15) is 54.9 Å². The molecule has 1 nitrogen and oxygen atoms in total. The van der Waals surface area contributed by atoms with E-state index in [-0.39, 0.29) is 5.56 Å². The molecule has 0 aliphatic rings. The smallest absolute Gasteiger partial charge is 0.284 e. The van der Waals surface area contributed by atoms with Gasteiger partial charge in [0.05, 0.1) is 0 Å². The van der Waals surface area contributed by atoms with Gasteiger partial charge in [-0.25, -0.2) is 0 Å². The van der Waals surface area contributed by atoms with Gasteiger partial charge in [0, 0.05) is 5.56 Å². The molecule has 0 radical (unpaired) electrons. The maximum absolute atomic E-state index is 12.2. The maximum atomic E-state index is 12.2. The second-order valence-corrected chi connectivity index (χ2v) is 4.69. The van der Waals surface area contributed by atoms with Gasteiger partial charge in [-0.2, -0.15) is 13.2 Å². The van der Waals surface area contributed by atoms with Gasteiger partial charge in [0.25, 0.3) is 5.78 Å². The second-order valence-electron chi connectivity index (χ2n) is 4.69. The predicted molar refractivity (Wildman–Crippen MR) is 69.3 cm³/mol. The molecule has 0 bridgehead atoms. The van der Waals surface area contributed by atoms with Gasteiger partial charge in [-0.15, -0.1) is 0 Å². The largest absolute Gasteiger partial charge is 0.454 e. The summed E-state index contributed by atoms with van der Waals surface area (Å²) in [5.74, 6) is -1.78. The molecule has 0 fully saturated rings. The number of Topliss-reactive ketones (excluding diaryl/α,β-unsaturated/α-hetero) is 1. The molecule has 0 aliphatic carbocycles. The van der Waals surface area contributed by atoms with E-state index in [1.807, 2.05) is 0 Å². The minimum Gasteiger partial charge on any atom is -0.284 e. The number of unbranched alkanes of at least 4 members (excludes halogenated alkanes) is 4. The molecule has 0 aliphatic heterocycles. The second kappa shape index (κ2) is 7.31. The summed E-state index contributed by atoms with van der Waals surface area (Å²) < 4.78 is 36.6. The Morgan fingerprint density at radius 3 is 2.11 bits per heavy atom. The van der Waals surface area contributed by atoms with Crippen molar-refractivity contribution in [2.24, 2.45) is 0 Å². The van der Waals surface area contributed by atoms with Gasteiger partial charge in [0.15, 0.2) is 0 Å². The van der Waals surface area contributed by atoms with Gasteiger partial charge in [-0.05, 0) is 18.4 Å². The summed E-state index contributed by atoms with van der Waals surface area (Å²) in [6.07, 6.45) is 1.84. The number of alkyl halides is 3. The van der Waals surface area contributed by atoms with Crippen LogP contribution in [0.25, 0.3) is 0 Å². The highest BCUT2D eigenvalue weighted by molar-refractivity contribution is 6.00. The van der Waals surface area contributed by atoms with E-state index >= 15 is 0 Å². The molecule has 1 aromatic carbocycles. The van der Waals surface area contributed by atoms with Crippen molar-refractivity contribution in [1.29, 1.82) is 0 Å². The number of ketones is 1. The first-order chi connectivity index (χ1) is 8.95. The standard InChI is InChI=1S/C15H19F3O/c1-2-3-4-5-6-7-12-8-10-13(11-9-12)14(19)15(16,17)18/h8-11H,2-7H2,1H3. The third kappa shape index (κ3) is 5.45. The average molecular weight is 272 g/mol. The van der Waals surface area contributed by atoms with E-state index in [4.69, 9.17) is 0 Å². The van der Waals surface area contributed by atoms with Crippen molar-refractivity contribution < 1.29 is 18.0 Å². The van der Waals surface area contributed by atoms with Crippen molar-refractivity contribution in [3.63, 3.8) is 0 Å². The van der Waals surface area contributed by atoms with Gasteiger partial charge in [-0.1, -0.05) is 56.9 Å². The number of aryl methyl sites for hydroxylation is 1. The van der Waals surface area contributed by atoms with Crippen molar-refractivity contribution >= 4 is 5.78 Å². The van der Waals surface area contributed by atoms with Crippen LogP contribution in [0.2, 0.25) is 0 Å². The van der Waals surface area contributed by atoms with Crippen LogP contribution in [0.5, 0.6) is 0 Å². The number of hydrogen-bond acceptors (Lipinski definition) is 1. The zero-order chi connectivity index (χ0) is 14.3. The van der Waals surface area contributed by atoms with E-state index in [0.29, 0.717) is 0 Å². The molecule has 0 amide bonds. The lowest BCUT2D eigenvalue weighted by Crippen LogP contribution is -2.22. The SMILES string of the molecule is CCCCCCCc1ccc(C(=O)C(F)(F)F)cc1. The Kier molecular flexibility index (Phi) is 6.06. The summed E-state index contributed by atoms with van der Waals surface area (Å²) in [7, 11) is 0. The van der Waals surface area contributed by atoms with Crippen LogP contribution in [0.15, 0.2) is 24.3 Å². The first kappa shape index (κ1) is 15.7. The molecule has 106 valence electrons. The van der Waals surface area contributed by atoms with Crippen molar-refractivity contribution in [3.05, 3.63) is 35.4 Å². The van der Waals surface area contributed by atoms with Gasteiger partial charge in [0.1, 0.15) is 0 Å². The number of halogens is 3. The summed E-state index contributed by atoms with van der Waals surface area (Å²) in [6, 6.07) is 5.74. The fraction of sp³-hybridized carbons (Fsp3) is 0.533. The molecular weight excluding hydrogens is 253 g/mol. The average Bonchev–Trinajstić information content (AvgIpc) is 2.37. The molecule has 19 heavy (non-hydrogen) atoms. The zero-order valence-electron chi connectivity index (χ0n) is 11.1.